The van der Waals surface area contributed by atoms with Crippen molar-refractivity contribution < 1.29 is 4.79 Å². The maximum Gasteiger partial charge on any atom is 0.226 e. The third-order valence-corrected chi connectivity index (χ3v) is 8.10. The van der Waals surface area contributed by atoms with Gasteiger partial charge >= 0.3 is 0 Å². The molecule has 38 heavy (non-hydrogen) atoms. The molecule has 1 fully saturated rings. The molecule has 1 saturated heterocycles. The monoisotopic (exact) mass is 587 g/mol. The molecule has 6 nitrogen and oxygen atoms in total. The van der Waals surface area contributed by atoms with Gasteiger partial charge in [-0.1, -0.05) is 36.4 Å². The number of nitrogens with zero attached hydrogens (tertiary/aromatic N) is 3. The summed E-state index contributed by atoms with van der Waals surface area (Å²) in [5.41, 5.74) is 7.27. The first-order valence-electron chi connectivity index (χ1n) is 12.6. The number of pyridine rings is 1. The molecule has 1 amide bonds. The number of aromatic nitrogens is 2. The number of benzene rings is 2. The number of thiocarbonyl (C=S) groups is 1. The fourth-order valence-corrected chi connectivity index (χ4v) is 6.02. The summed E-state index contributed by atoms with van der Waals surface area (Å²) >= 11 is 9.55. The molecule has 2 aromatic heterocycles. The number of nitrogens with one attached hydrogen (secondary N) is 2. The molecule has 2 aromatic carbocycles. The number of carbonyl (C=O) groups excluding carboxylic acids is 1. The molecule has 0 spiro atoms. The molecule has 1 aliphatic rings. The molecule has 0 saturated carbocycles. The fraction of sp³-hybridized carbons (Fsp3) is 0.233. The van der Waals surface area contributed by atoms with Gasteiger partial charge in [-0.25, -0.2) is 0 Å². The van der Waals surface area contributed by atoms with Gasteiger partial charge in [-0.3, -0.25) is 9.78 Å². The van der Waals surface area contributed by atoms with Crippen molar-refractivity contribution in [3.8, 4) is 5.69 Å². The molecule has 0 aliphatic carbocycles. The highest BCUT2D eigenvalue weighted by Crippen LogP contribution is 2.42. The zero-order valence-electron chi connectivity index (χ0n) is 21.6. The third kappa shape index (κ3) is 5.11. The predicted octanol–water partition coefficient (Wildman–Crippen LogP) is 6.56. The number of aryl methyl sites for hydroxylation is 2. The van der Waals surface area contributed by atoms with Crippen molar-refractivity contribution in [2.75, 3.05) is 11.9 Å². The third-order valence-electron chi connectivity index (χ3n) is 7.08. The van der Waals surface area contributed by atoms with Gasteiger partial charge in [0.2, 0.25) is 5.91 Å². The number of halogens is 1. The molecule has 1 aliphatic heterocycles. The minimum atomic E-state index is -0.142. The lowest BCUT2D eigenvalue weighted by Gasteiger charge is -2.28. The Balaban J connectivity index is 1.48. The van der Waals surface area contributed by atoms with Crippen LogP contribution in [0, 0.1) is 20.8 Å². The normalized spacial score (nSPS) is 16.9. The second-order valence-corrected chi connectivity index (χ2v) is 10.8. The van der Waals surface area contributed by atoms with E-state index in [0.717, 1.165) is 44.1 Å². The van der Waals surface area contributed by atoms with E-state index in [2.05, 4.69) is 73.1 Å². The van der Waals surface area contributed by atoms with Gasteiger partial charge in [0.25, 0.3) is 0 Å². The highest BCUT2D eigenvalue weighted by Gasteiger charge is 2.41. The van der Waals surface area contributed by atoms with Crippen molar-refractivity contribution in [1.82, 2.24) is 19.8 Å². The number of carbonyl (C=O) groups is 1. The molecule has 4 aromatic rings. The van der Waals surface area contributed by atoms with E-state index >= 15 is 0 Å². The molecule has 2 atom stereocenters. The van der Waals surface area contributed by atoms with E-state index in [9.17, 15) is 4.79 Å². The van der Waals surface area contributed by atoms with Crippen LogP contribution in [0.25, 0.3) is 5.69 Å². The first-order valence-corrected chi connectivity index (χ1v) is 13.8. The lowest BCUT2D eigenvalue weighted by Crippen LogP contribution is -2.33. The van der Waals surface area contributed by atoms with Crippen molar-refractivity contribution in [2.24, 2.45) is 0 Å². The predicted molar refractivity (Wildman–Crippen MR) is 160 cm³/mol. The van der Waals surface area contributed by atoms with Crippen LogP contribution in [0.5, 0.6) is 0 Å². The Labute approximate surface area is 237 Å². The molecule has 0 unspecified atom stereocenters. The molecule has 8 heteroatoms. The van der Waals surface area contributed by atoms with Gasteiger partial charge < -0.3 is 20.1 Å². The van der Waals surface area contributed by atoms with Crippen molar-refractivity contribution in [1.29, 1.82) is 0 Å². The van der Waals surface area contributed by atoms with Crippen molar-refractivity contribution >= 4 is 44.9 Å². The lowest BCUT2D eigenvalue weighted by molar-refractivity contribution is -0.116. The van der Waals surface area contributed by atoms with Crippen LogP contribution < -0.4 is 10.6 Å². The van der Waals surface area contributed by atoms with E-state index in [-0.39, 0.29) is 18.0 Å². The highest BCUT2D eigenvalue weighted by molar-refractivity contribution is 9.10. The average Bonchev–Trinajstić information content (AvgIpc) is 3.39. The summed E-state index contributed by atoms with van der Waals surface area (Å²) < 4.78 is 3.29. The largest absolute Gasteiger partial charge is 0.352 e. The molecule has 194 valence electrons. The topological polar surface area (TPSA) is 62.2 Å². The smallest absolute Gasteiger partial charge is 0.226 e. The molecule has 3 heterocycles. The number of rotatable bonds is 7. The van der Waals surface area contributed by atoms with E-state index in [4.69, 9.17) is 12.2 Å². The molecule has 0 radical (unpaired) electrons. The van der Waals surface area contributed by atoms with Crippen molar-refractivity contribution in [2.45, 2.75) is 39.3 Å². The van der Waals surface area contributed by atoms with E-state index in [1.807, 2.05) is 61.5 Å². The van der Waals surface area contributed by atoms with Crippen molar-refractivity contribution in [3.63, 3.8) is 0 Å². The second kappa shape index (κ2) is 11.1. The van der Waals surface area contributed by atoms with Crippen LogP contribution in [0.15, 0.2) is 83.5 Å². The first-order chi connectivity index (χ1) is 18.3. The molecular weight excluding hydrogens is 558 g/mol. The van der Waals surface area contributed by atoms with Gasteiger partial charge in [-0.2, -0.15) is 0 Å². The Bertz CT molecular complexity index is 1490. The van der Waals surface area contributed by atoms with Crippen LogP contribution in [0.1, 0.15) is 46.7 Å². The number of hydrogen-bond donors (Lipinski definition) is 2. The van der Waals surface area contributed by atoms with E-state index in [0.29, 0.717) is 18.1 Å². The average molecular weight is 589 g/mol. The van der Waals surface area contributed by atoms with Crippen LogP contribution in [0.2, 0.25) is 0 Å². The summed E-state index contributed by atoms with van der Waals surface area (Å²) in [5.74, 6) is -0.0409. The summed E-state index contributed by atoms with van der Waals surface area (Å²) in [7, 11) is 0. The van der Waals surface area contributed by atoms with E-state index < -0.39 is 0 Å². The van der Waals surface area contributed by atoms with E-state index in [1.54, 1.807) is 6.20 Å². The Morgan fingerprint density at radius 3 is 2.53 bits per heavy atom. The zero-order valence-corrected chi connectivity index (χ0v) is 24.0. The number of para-hydroxylation sites is 2. The quantitative estimate of drug-likeness (QED) is 0.240. The van der Waals surface area contributed by atoms with Gasteiger partial charge in [0, 0.05) is 40.7 Å². The number of hydrogen-bond acceptors (Lipinski definition) is 3. The molecular formula is C30H30BrN5OS. The van der Waals surface area contributed by atoms with Gasteiger partial charge in [-0.15, -0.1) is 0 Å². The fourth-order valence-electron chi connectivity index (χ4n) is 5.22. The van der Waals surface area contributed by atoms with Crippen LogP contribution in [0.3, 0.4) is 0 Å². The Kier molecular flexibility index (Phi) is 7.63. The number of anilines is 1. The summed E-state index contributed by atoms with van der Waals surface area (Å²) in [5, 5.41) is 7.18. The standard InChI is InChI=1S/C30H30BrN5OS/c1-19-10-4-6-12-24(19)33-27(37)15-17-35-29(28(34-30(35)38)25-13-8-9-16-32-25)22-18-20(2)36(21(22)3)26-14-7-5-11-23(26)31/h4-14,16,18,28-29H,15,17H2,1-3H3,(H,33,37)(H,34,38)/t28-,29-/m0/s1. The summed E-state index contributed by atoms with van der Waals surface area (Å²) in [6.45, 7) is 6.73. The Morgan fingerprint density at radius 1 is 1.05 bits per heavy atom. The maximum absolute atomic E-state index is 12.9. The Hall–Kier alpha value is -3.49. The molecule has 0 bridgehead atoms. The van der Waals surface area contributed by atoms with E-state index in [1.165, 1.54) is 0 Å². The number of amides is 1. The summed E-state index contributed by atoms with van der Waals surface area (Å²) in [6.07, 6.45) is 2.12. The Morgan fingerprint density at radius 2 is 1.79 bits per heavy atom. The van der Waals surface area contributed by atoms with Crippen LogP contribution >= 0.6 is 28.1 Å². The molecule has 2 N–H and O–H groups in total. The maximum atomic E-state index is 12.9. The van der Waals surface area contributed by atoms with Gasteiger partial charge in [0.05, 0.1) is 23.5 Å². The summed E-state index contributed by atoms with van der Waals surface area (Å²) in [4.78, 5) is 19.7. The first kappa shape index (κ1) is 26.1. The molecule has 5 rings (SSSR count). The SMILES string of the molecule is Cc1ccccc1NC(=O)CCN1C(=S)N[C@@H](c2ccccn2)[C@@H]1c1cc(C)n(-c2ccccc2Br)c1C. The van der Waals surface area contributed by atoms with Crippen LogP contribution in [0.4, 0.5) is 5.69 Å². The summed E-state index contributed by atoms with van der Waals surface area (Å²) in [6, 6.07) is 23.9. The lowest BCUT2D eigenvalue weighted by atomic mass is 9.96. The highest BCUT2D eigenvalue weighted by atomic mass is 79.9. The minimum absolute atomic E-state index is 0.0409. The minimum Gasteiger partial charge on any atom is -0.352 e. The second-order valence-electron chi connectivity index (χ2n) is 9.55. The van der Waals surface area contributed by atoms with Crippen LogP contribution in [-0.4, -0.2) is 32.0 Å². The van der Waals surface area contributed by atoms with Gasteiger partial charge in [0.15, 0.2) is 5.11 Å². The van der Waals surface area contributed by atoms with Crippen LogP contribution in [-0.2, 0) is 4.79 Å². The zero-order chi connectivity index (χ0) is 26.8. The van der Waals surface area contributed by atoms with Gasteiger partial charge in [-0.05, 0) is 96.4 Å². The van der Waals surface area contributed by atoms with Gasteiger partial charge in [0.1, 0.15) is 0 Å². The van der Waals surface area contributed by atoms with Crippen molar-refractivity contribution in [3.05, 3.63) is 112 Å².